The summed E-state index contributed by atoms with van der Waals surface area (Å²) in [6, 6.07) is 1.29. The summed E-state index contributed by atoms with van der Waals surface area (Å²) in [5.41, 5.74) is -0.896. The van der Waals surface area contributed by atoms with Crippen LogP contribution < -0.4 is 11.0 Å². The molecule has 0 spiro atoms. The number of amides is 1. The number of carboxylic acid groups (broad SMARTS) is 1. The number of nitrogens with zero attached hydrogens (tertiary/aromatic N) is 2. The van der Waals surface area contributed by atoms with Crippen LogP contribution in [0.1, 0.15) is 39.8 Å². The van der Waals surface area contributed by atoms with Gasteiger partial charge >= 0.3 is 31.4 Å². The van der Waals surface area contributed by atoms with Gasteiger partial charge in [-0.05, 0) is 36.7 Å². The Bertz CT molecular complexity index is 1270. The number of carbonyl (C=O) groups excluding carboxylic acids is 3. The van der Waals surface area contributed by atoms with Crippen LogP contribution in [0.15, 0.2) is 17.1 Å². The van der Waals surface area contributed by atoms with Gasteiger partial charge in [0.25, 0.3) is 0 Å². The molecule has 2 heterocycles. The van der Waals surface area contributed by atoms with Crippen molar-refractivity contribution in [3.8, 4) is 0 Å². The Morgan fingerprint density at radius 1 is 1.07 bits per heavy atom. The minimum atomic E-state index is -4.63. The zero-order valence-electron chi connectivity index (χ0n) is 21.8. The third-order valence-corrected chi connectivity index (χ3v) is 8.05. The topological polar surface area (TPSA) is 219 Å². The standard InChI is InChI=1S/C23H30N3O13P/c1-10(27)24-18-4-5-26(23(32)25-18)21-20(38-12(3)29)19(37-11(2)28)17(39-21)9-36-40(33,34)35-8-16-14-6-13(22(30)31)7-15(14)16/h4-5,13-17,19-21H,6-9H2,1-3H3,(H,30,31)(H,33,34)(H,24,25,27,32)/t13?,14?,15?,16?,17-,19?,20?,21-/m1/s1. The molecule has 1 amide bonds. The summed E-state index contributed by atoms with van der Waals surface area (Å²) >= 11 is 0. The van der Waals surface area contributed by atoms with Crippen molar-refractivity contribution in [2.45, 2.75) is 58.2 Å². The molecule has 0 radical (unpaired) electrons. The predicted molar refractivity (Wildman–Crippen MR) is 130 cm³/mol. The molecular weight excluding hydrogens is 557 g/mol. The highest BCUT2D eigenvalue weighted by Crippen LogP contribution is 2.61. The van der Waals surface area contributed by atoms with Gasteiger partial charge in [-0.15, -0.1) is 0 Å². The maximum absolute atomic E-state index is 12.7. The highest BCUT2D eigenvalue weighted by molar-refractivity contribution is 7.47. The van der Waals surface area contributed by atoms with Crippen molar-refractivity contribution in [1.82, 2.24) is 9.55 Å². The molecule has 1 aromatic heterocycles. The van der Waals surface area contributed by atoms with E-state index in [4.69, 9.17) is 28.4 Å². The van der Waals surface area contributed by atoms with Crippen LogP contribution in [0.25, 0.3) is 0 Å². The highest BCUT2D eigenvalue weighted by atomic mass is 31.2. The molecule has 0 bridgehead atoms. The zero-order valence-corrected chi connectivity index (χ0v) is 22.7. The molecule has 220 valence electrons. The van der Waals surface area contributed by atoms with Gasteiger partial charge in [-0.3, -0.25) is 32.8 Å². The number of carboxylic acids is 1. The number of carbonyl (C=O) groups is 4. The van der Waals surface area contributed by atoms with E-state index in [9.17, 15) is 33.4 Å². The van der Waals surface area contributed by atoms with E-state index < -0.39 is 74.4 Å². The molecule has 3 N–H and O–H groups in total. The lowest BCUT2D eigenvalue weighted by molar-refractivity contribution is -0.165. The number of aliphatic carboxylic acids is 1. The Morgan fingerprint density at radius 2 is 1.68 bits per heavy atom. The largest absolute Gasteiger partial charge is 0.481 e. The van der Waals surface area contributed by atoms with Crippen LogP contribution in [-0.2, 0) is 47.0 Å². The number of aromatic nitrogens is 2. The van der Waals surface area contributed by atoms with E-state index in [1.807, 2.05) is 0 Å². The average molecular weight is 587 g/mol. The second-order valence-corrected chi connectivity index (χ2v) is 11.4. The van der Waals surface area contributed by atoms with Gasteiger partial charge in [0.05, 0.1) is 19.1 Å². The van der Waals surface area contributed by atoms with Crippen molar-refractivity contribution < 1.29 is 57.0 Å². The summed E-state index contributed by atoms with van der Waals surface area (Å²) in [7, 11) is -4.63. The first-order valence-electron chi connectivity index (χ1n) is 12.5. The predicted octanol–water partition coefficient (Wildman–Crippen LogP) is 0.453. The number of nitrogens with one attached hydrogen (secondary N) is 1. The molecule has 0 aromatic carbocycles. The highest BCUT2D eigenvalue weighted by Gasteiger charge is 2.58. The zero-order chi connectivity index (χ0) is 29.4. The fraction of sp³-hybridized carbons (Fsp3) is 0.652. The van der Waals surface area contributed by atoms with Crippen LogP contribution in [0.4, 0.5) is 5.82 Å². The molecule has 40 heavy (non-hydrogen) atoms. The number of hydrogen-bond donors (Lipinski definition) is 3. The van der Waals surface area contributed by atoms with Gasteiger partial charge < -0.3 is 29.5 Å². The maximum atomic E-state index is 12.7. The fourth-order valence-electron chi connectivity index (χ4n) is 5.38. The van der Waals surface area contributed by atoms with Gasteiger partial charge in [-0.25, -0.2) is 9.36 Å². The molecule has 1 saturated heterocycles. The lowest BCUT2D eigenvalue weighted by atomic mass is 10.0. The van der Waals surface area contributed by atoms with Crippen molar-refractivity contribution in [3.05, 3.63) is 22.7 Å². The summed E-state index contributed by atoms with van der Waals surface area (Å²) < 4.78 is 40.2. The minimum Gasteiger partial charge on any atom is -0.481 e. The van der Waals surface area contributed by atoms with E-state index in [2.05, 4.69) is 10.3 Å². The quantitative estimate of drug-likeness (QED) is 0.237. The number of esters is 2. The van der Waals surface area contributed by atoms with E-state index in [1.165, 1.54) is 19.2 Å². The van der Waals surface area contributed by atoms with Crippen LogP contribution >= 0.6 is 7.82 Å². The molecule has 1 aromatic rings. The number of phosphoric acid groups is 1. The summed E-state index contributed by atoms with van der Waals surface area (Å²) in [6.07, 6.45) is -3.16. The Hall–Kier alpha value is -3.17. The van der Waals surface area contributed by atoms with Crippen molar-refractivity contribution in [2.75, 3.05) is 18.5 Å². The number of hydrogen-bond acceptors (Lipinski definition) is 12. The Balaban J connectivity index is 1.44. The number of phosphoric ester groups is 1. The van der Waals surface area contributed by atoms with Gasteiger partial charge in [0.15, 0.2) is 18.4 Å². The van der Waals surface area contributed by atoms with Gasteiger partial charge in [-0.2, -0.15) is 4.98 Å². The molecule has 17 heteroatoms. The molecule has 2 aliphatic carbocycles. The number of fused-ring (bicyclic) bond motifs is 1. The number of rotatable bonds is 11. The molecule has 3 fully saturated rings. The lowest BCUT2D eigenvalue weighted by Crippen LogP contribution is -2.41. The second kappa shape index (κ2) is 11.7. The molecule has 16 nitrogen and oxygen atoms in total. The SMILES string of the molecule is CC(=O)Nc1ccn([C@@H]2O[C@H](COP(=O)(O)OCC3C4CC(C(=O)O)CC34)C(OC(C)=O)C2OC(C)=O)c(=O)n1. The van der Waals surface area contributed by atoms with E-state index in [0.717, 1.165) is 18.4 Å². The fourth-order valence-corrected chi connectivity index (χ4v) is 6.15. The van der Waals surface area contributed by atoms with Gasteiger partial charge in [0.1, 0.15) is 11.9 Å². The van der Waals surface area contributed by atoms with Gasteiger partial charge in [0, 0.05) is 27.0 Å². The molecule has 7 atom stereocenters. The third-order valence-electron chi connectivity index (χ3n) is 7.10. The first-order chi connectivity index (χ1) is 18.8. The van der Waals surface area contributed by atoms with Crippen molar-refractivity contribution in [2.24, 2.45) is 23.7 Å². The lowest BCUT2D eigenvalue weighted by Gasteiger charge is -2.24. The average Bonchev–Trinajstić information content (AvgIpc) is 3.13. The molecule has 2 saturated carbocycles. The summed E-state index contributed by atoms with van der Waals surface area (Å²) in [4.78, 5) is 72.7. The minimum absolute atomic E-state index is 0.0381. The first-order valence-corrected chi connectivity index (χ1v) is 14.0. The Kier molecular flexibility index (Phi) is 8.75. The molecule has 5 unspecified atom stereocenters. The van der Waals surface area contributed by atoms with Crippen LogP contribution in [-0.4, -0.2) is 74.9 Å². The summed E-state index contributed by atoms with van der Waals surface area (Å²) in [6.45, 7) is 2.66. The molecule has 4 rings (SSSR count). The second-order valence-electron chi connectivity index (χ2n) is 9.96. The normalized spacial score (nSPS) is 32.0. The molecule has 3 aliphatic rings. The van der Waals surface area contributed by atoms with E-state index in [0.29, 0.717) is 12.8 Å². The van der Waals surface area contributed by atoms with Crippen LogP contribution in [0.3, 0.4) is 0 Å². The smallest absolute Gasteiger partial charge is 0.472 e. The van der Waals surface area contributed by atoms with Crippen molar-refractivity contribution in [3.63, 3.8) is 0 Å². The molecule has 1 aliphatic heterocycles. The van der Waals surface area contributed by atoms with Gasteiger partial charge in [-0.1, -0.05) is 0 Å². The summed E-state index contributed by atoms with van der Waals surface area (Å²) in [5, 5.41) is 11.5. The summed E-state index contributed by atoms with van der Waals surface area (Å²) in [5.74, 6) is -3.16. The van der Waals surface area contributed by atoms with Crippen molar-refractivity contribution in [1.29, 1.82) is 0 Å². The first kappa shape index (κ1) is 29.8. The van der Waals surface area contributed by atoms with E-state index in [-0.39, 0.29) is 30.2 Å². The van der Waals surface area contributed by atoms with Gasteiger partial charge in [0.2, 0.25) is 5.91 Å². The Labute approximate surface area is 227 Å². The number of ether oxygens (including phenoxy) is 3. The Morgan fingerprint density at radius 3 is 2.23 bits per heavy atom. The van der Waals surface area contributed by atoms with Crippen LogP contribution in [0.2, 0.25) is 0 Å². The third kappa shape index (κ3) is 6.93. The van der Waals surface area contributed by atoms with E-state index in [1.54, 1.807) is 0 Å². The number of anilines is 1. The maximum Gasteiger partial charge on any atom is 0.472 e. The van der Waals surface area contributed by atoms with Crippen molar-refractivity contribution >= 4 is 37.5 Å². The van der Waals surface area contributed by atoms with Crippen LogP contribution in [0.5, 0.6) is 0 Å². The van der Waals surface area contributed by atoms with E-state index >= 15 is 0 Å². The van der Waals surface area contributed by atoms with Crippen LogP contribution in [0, 0.1) is 23.7 Å². The monoisotopic (exact) mass is 587 g/mol. The molecular formula is C23H30N3O13P.